The van der Waals surface area contributed by atoms with Crippen molar-refractivity contribution in [3.8, 4) is 23.2 Å². The molecule has 2 fully saturated rings. The zero-order valence-electron chi connectivity index (χ0n) is 20.3. The Bertz CT molecular complexity index is 1620. The minimum atomic E-state index is -0.566. The van der Waals surface area contributed by atoms with Gasteiger partial charge in [0.2, 0.25) is 11.8 Å². The molecule has 1 saturated carbocycles. The first-order valence-electron chi connectivity index (χ1n) is 12.0. The van der Waals surface area contributed by atoms with Gasteiger partial charge in [0, 0.05) is 35.8 Å². The van der Waals surface area contributed by atoms with Crippen LogP contribution in [0.1, 0.15) is 41.9 Å². The topological polar surface area (TPSA) is 154 Å². The number of nitriles is 1. The van der Waals surface area contributed by atoms with E-state index in [0.29, 0.717) is 36.4 Å². The van der Waals surface area contributed by atoms with Crippen LogP contribution in [0, 0.1) is 23.1 Å². The van der Waals surface area contributed by atoms with E-state index in [1.807, 2.05) is 6.07 Å². The molecule has 0 radical (unpaired) electrons. The summed E-state index contributed by atoms with van der Waals surface area (Å²) < 4.78 is 20.9. The summed E-state index contributed by atoms with van der Waals surface area (Å²) in [7, 11) is 1.43. The van der Waals surface area contributed by atoms with Crippen molar-refractivity contribution in [1.82, 2.24) is 34.7 Å². The fourth-order valence-corrected chi connectivity index (χ4v) is 5.05. The Kier molecular flexibility index (Phi) is 5.52. The van der Waals surface area contributed by atoms with E-state index < -0.39 is 11.4 Å². The van der Waals surface area contributed by atoms with Crippen molar-refractivity contribution in [3.05, 3.63) is 54.0 Å². The number of rotatable bonds is 5. The van der Waals surface area contributed by atoms with E-state index >= 15 is 0 Å². The maximum Gasteiger partial charge on any atom is 0.274 e. The molecular weight excluding hydrogens is 493 g/mol. The maximum atomic E-state index is 14.3. The Morgan fingerprint density at radius 2 is 2.16 bits per heavy atom. The number of ether oxygens (including phenoxy) is 1. The molecule has 13 heteroatoms. The van der Waals surface area contributed by atoms with Crippen molar-refractivity contribution in [1.29, 1.82) is 5.26 Å². The average Bonchev–Trinajstić information content (AvgIpc) is 3.34. The van der Waals surface area contributed by atoms with Crippen LogP contribution in [0.15, 0.2) is 36.8 Å². The number of H-pyrrole nitrogens is 1. The molecule has 0 bridgehead atoms. The third kappa shape index (κ3) is 4.00. The number of nitrogens with one attached hydrogen (secondary N) is 2. The first kappa shape index (κ1) is 23.5. The van der Waals surface area contributed by atoms with Crippen LogP contribution in [0.2, 0.25) is 0 Å². The monoisotopic (exact) mass is 515 g/mol. The zero-order chi connectivity index (χ0) is 26.4. The fourth-order valence-electron chi connectivity index (χ4n) is 5.05. The standard InChI is InChI=1S/C25H22FN9O3/c1-38-21-8-16(17(26)12-28-21)18-9-19(33-32-18)24(37)34-6-2-14(10-25(34)4-5-25)23(36)31-20-13-29-35-7-3-15(11-27)30-22(20)35/h3,7-9,12-14H,2,4-6,10H2,1H3,(H,31,36)(H,32,33). The van der Waals surface area contributed by atoms with Gasteiger partial charge >= 0.3 is 0 Å². The number of halogens is 1. The van der Waals surface area contributed by atoms with E-state index in [2.05, 4.69) is 30.6 Å². The van der Waals surface area contributed by atoms with Crippen LogP contribution in [0.3, 0.4) is 0 Å². The number of carbonyl (C=O) groups excluding carboxylic acids is 2. The summed E-state index contributed by atoms with van der Waals surface area (Å²) in [5, 5.41) is 23.1. The molecule has 1 spiro atoms. The van der Waals surface area contributed by atoms with E-state index in [9.17, 15) is 14.0 Å². The fraction of sp³-hybridized carbons (Fsp3) is 0.320. The first-order valence-corrected chi connectivity index (χ1v) is 12.0. The number of hydrogen-bond donors (Lipinski definition) is 2. The number of fused-ring (bicyclic) bond motifs is 1. The number of piperidine rings is 1. The molecule has 38 heavy (non-hydrogen) atoms. The molecule has 1 saturated heterocycles. The van der Waals surface area contributed by atoms with E-state index in [1.54, 1.807) is 17.2 Å². The van der Waals surface area contributed by atoms with Crippen molar-refractivity contribution in [2.75, 3.05) is 19.0 Å². The normalized spacial score (nSPS) is 17.8. The van der Waals surface area contributed by atoms with Crippen LogP contribution in [0.4, 0.5) is 10.1 Å². The second-order valence-corrected chi connectivity index (χ2v) is 9.48. The van der Waals surface area contributed by atoms with Gasteiger partial charge in [-0.15, -0.1) is 0 Å². The van der Waals surface area contributed by atoms with Crippen molar-refractivity contribution in [2.45, 2.75) is 31.2 Å². The number of hydrogen-bond acceptors (Lipinski definition) is 8. The van der Waals surface area contributed by atoms with Crippen LogP contribution in [-0.2, 0) is 4.79 Å². The summed E-state index contributed by atoms with van der Waals surface area (Å²) in [6.45, 7) is 0.391. The Labute approximate surface area is 215 Å². The summed E-state index contributed by atoms with van der Waals surface area (Å²) in [4.78, 5) is 36.4. The predicted octanol–water partition coefficient (Wildman–Crippen LogP) is 2.56. The molecule has 1 atom stereocenters. The summed E-state index contributed by atoms with van der Waals surface area (Å²) in [6.07, 6.45) is 6.75. The lowest BCUT2D eigenvalue weighted by Crippen LogP contribution is -2.50. The van der Waals surface area contributed by atoms with E-state index in [0.717, 1.165) is 19.0 Å². The Balaban J connectivity index is 1.16. The molecule has 2 aliphatic rings. The number of aromatic amines is 1. The van der Waals surface area contributed by atoms with Crippen LogP contribution >= 0.6 is 0 Å². The molecule has 192 valence electrons. The van der Waals surface area contributed by atoms with Crippen LogP contribution < -0.4 is 10.1 Å². The van der Waals surface area contributed by atoms with Crippen LogP contribution in [-0.4, -0.2) is 65.7 Å². The molecule has 12 nitrogen and oxygen atoms in total. The average molecular weight is 516 g/mol. The van der Waals surface area contributed by atoms with Gasteiger partial charge in [0.25, 0.3) is 5.91 Å². The Morgan fingerprint density at radius 3 is 2.92 bits per heavy atom. The minimum Gasteiger partial charge on any atom is -0.481 e. The molecule has 4 aromatic rings. The molecule has 4 aromatic heterocycles. The Hall–Kier alpha value is -4.86. The molecule has 6 rings (SSSR count). The molecular formula is C25H22FN9O3. The van der Waals surface area contributed by atoms with E-state index in [1.165, 1.54) is 30.0 Å². The molecule has 5 heterocycles. The molecule has 1 unspecified atom stereocenters. The lowest BCUT2D eigenvalue weighted by Gasteiger charge is -2.39. The number of aromatic nitrogens is 6. The van der Waals surface area contributed by atoms with Gasteiger partial charge < -0.3 is 15.0 Å². The predicted molar refractivity (Wildman–Crippen MR) is 130 cm³/mol. The lowest BCUT2D eigenvalue weighted by molar-refractivity contribution is -0.122. The van der Waals surface area contributed by atoms with Crippen LogP contribution in [0.5, 0.6) is 5.88 Å². The van der Waals surface area contributed by atoms with Gasteiger partial charge in [-0.2, -0.15) is 15.5 Å². The number of nitrogens with zero attached hydrogens (tertiary/aromatic N) is 7. The van der Waals surface area contributed by atoms with Gasteiger partial charge in [-0.05, 0) is 37.8 Å². The SMILES string of the molecule is COc1cc(-c2cc(C(=O)N3CCC(C(=O)Nc4cnn5ccc(C#N)nc45)CC34CC4)n[nH]2)c(F)cn1. The van der Waals surface area contributed by atoms with Crippen molar-refractivity contribution >= 4 is 23.1 Å². The third-order valence-electron chi connectivity index (χ3n) is 7.21. The van der Waals surface area contributed by atoms with E-state index in [-0.39, 0.29) is 40.6 Å². The second-order valence-electron chi connectivity index (χ2n) is 9.48. The highest BCUT2D eigenvalue weighted by Gasteiger charge is 2.54. The van der Waals surface area contributed by atoms with Gasteiger partial charge in [-0.3, -0.25) is 14.7 Å². The number of methoxy groups -OCH3 is 1. The zero-order valence-corrected chi connectivity index (χ0v) is 20.3. The minimum absolute atomic E-state index is 0.174. The van der Waals surface area contributed by atoms with Crippen molar-refractivity contribution in [2.24, 2.45) is 5.92 Å². The molecule has 2 N–H and O–H groups in total. The number of amides is 2. The quantitative estimate of drug-likeness (QED) is 0.411. The highest BCUT2D eigenvalue weighted by molar-refractivity contribution is 5.97. The summed E-state index contributed by atoms with van der Waals surface area (Å²) in [6, 6.07) is 6.48. The smallest absolute Gasteiger partial charge is 0.274 e. The number of carbonyl (C=O) groups is 2. The van der Waals surface area contributed by atoms with Crippen LogP contribution in [0.25, 0.3) is 16.9 Å². The van der Waals surface area contributed by atoms with E-state index in [4.69, 9.17) is 10.00 Å². The number of anilines is 1. The molecule has 1 aliphatic heterocycles. The molecule has 2 amide bonds. The number of pyridine rings is 1. The highest BCUT2D eigenvalue weighted by Crippen LogP contribution is 2.50. The summed E-state index contributed by atoms with van der Waals surface area (Å²) in [5.74, 6) is -1.06. The van der Waals surface area contributed by atoms with Crippen molar-refractivity contribution in [3.63, 3.8) is 0 Å². The number of likely N-dealkylation sites (tertiary alicyclic amines) is 1. The first-order chi connectivity index (χ1) is 18.4. The summed E-state index contributed by atoms with van der Waals surface area (Å²) >= 11 is 0. The lowest BCUT2D eigenvalue weighted by atomic mass is 9.88. The highest BCUT2D eigenvalue weighted by atomic mass is 19.1. The Morgan fingerprint density at radius 1 is 1.32 bits per heavy atom. The molecule has 1 aliphatic carbocycles. The van der Waals surface area contributed by atoms with Crippen molar-refractivity contribution < 1.29 is 18.7 Å². The van der Waals surface area contributed by atoms with Gasteiger partial charge in [0.1, 0.15) is 17.5 Å². The van der Waals surface area contributed by atoms with Gasteiger partial charge in [-0.1, -0.05) is 0 Å². The largest absolute Gasteiger partial charge is 0.481 e. The molecule has 0 aromatic carbocycles. The third-order valence-corrected chi connectivity index (χ3v) is 7.21. The maximum absolute atomic E-state index is 14.3. The van der Waals surface area contributed by atoms with Gasteiger partial charge in [-0.25, -0.2) is 18.9 Å². The summed E-state index contributed by atoms with van der Waals surface area (Å²) in [5.41, 5.74) is 1.36. The van der Waals surface area contributed by atoms with Gasteiger partial charge in [0.05, 0.1) is 25.2 Å². The van der Waals surface area contributed by atoms with Gasteiger partial charge in [0.15, 0.2) is 17.2 Å². The second kappa shape index (κ2) is 8.91.